The fourth-order valence-electron chi connectivity index (χ4n) is 4.39. The first-order valence-electron chi connectivity index (χ1n) is 10.1. The van der Waals surface area contributed by atoms with Gasteiger partial charge in [0.15, 0.2) is 5.83 Å². The molecule has 0 amide bonds. The molecule has 2 rings (SSSR count). The highest BCUT2D eigenvalue weighted by Crippen LogP contribution is 2.34. The van der Waals surface area contributed by atoms with E-state index in [4.69, 9.17) is 10.00 Å². The molecule has 2 saturated carbocycles. The second-order valence-corrected chi connectivity index (χ2v) is 7.83. The number of carbonyl (C=O) groups excluding carboxylic acids is 1. The van der Waals surface area contributed by atoms with Crippen molar-refractivity contribution in [1.29, 1.82) is 5.26 Å². The monoisotopic (exact) mass is 349 g/mol. The van der Waals surface area contributed by atoms with Gasteiger partial charge < -0.3 is 4.74 Å². The van der Waals surface area contributed by atoms with Crippen LogP contribution in [0.3, 0.4) is 0 Å². The number of carbonyl (C=O) groups is 1. The quantitative estimate of drug-likeness (QED) is 0.428. The van der Waals surface area contributed by atoms with Crippen LogP contribution in [0.4, 0.5) is 4.39 Å². The number of esters is 1. The van der Waals surface area contributed by atoms with E-state index in [2.05, 4.69) is 6.92 Å². The van der Waals surface area contributed by atoms with Crippen LogP contribution in [0, 0.1) is 29.1 Å². The molecule has 0 atom stereocenters. The van der Waals surface area contributed by atoms with Crippen LogP contribution in [0.1, 0.15) is 84.0 Å². The number of hydrogen-bond acceptors (Lipinski definition) is 3. The maximum Gasteiger partial charge on any atom is 0.309 e. The molecule has 0 aromatic rings. The van der Waals surface area contributed by atoms with Crippen LogP contribution in [0.15, 0.2) is 11.9 Å². The van der Waals surface area contributed by atoms with Crippen molar-refractivity contribution in [1.82, 2.24) is 0 Å². The number of nitriles is 1. The Bertz CT molecular complexity index is 481. The van der Waals surface area contributed by atoms with Crippen LogP contribution >= 0.6 is 0 Å². The summed E-state index contributed by atoms with van der Waals surface area (Å²) >= 11 is 0. The van der Waals surface area contributed by atoms with Crippen molar-refractivity contribution in [3.63, 3.8) is 0 Å². The summed E-state index contributed by atoms with van der Waals surface area (Å²) in [6.45, 7) is 2.23. The first-order valence-corrected chi connectivity index (χ1v) is 10.1. The smallest absolute Gasteiger partial charge is 0.309 e. The number of halogens is 1. The van der Waals surface area contributed by atoms with Crippen LogP contribution in [0.5, 0.6) is 0 Å². The highest BCUT2D eigenvalue weighted by Gasteiger charge is 2.30. The van der Waals surface area contributed by atoms with Gasteiger partial charge in [-0.1, -0.05) is 19.8 Å². The summed E-state index contributed by atoms with van der Waals surface area (Å²) < 4.78 is 18.6. The SMILES string of the molecule is CCCC1CCC(OC(=O)C2CCC(CC/C=C(/F)C#N)CC2)CC1. The van der Waals surface area contributed by atoms with Crippen LogP contribution in [-0.4, -0.2) is 12.1 Å². The minimum atomic E-state index is -0.689. The van der Waals surface area contributed by atoms with Gasteiger partial charge in [-0.15, -0.1) is 0 Å². The van der Waals surface area contributed by atoms with Crippen molar-refractivity contribution in [2.75, 3.05) is 0 Å². The average molecular weight is 349 g/mol. The Kier molecular flexibility index (Phi) is 8.44. The predicted molar refractivity (Wildman–Crippen MR) is 96.2 cm³/mol. The lowest BCUT2D eigenvalue weighted by Gasteiger charge is -2.31. The van der Waals surface area contributed by atoms with E-state index in [0.717, 1.165) is 50.9 Å². The molecule has 25 heavy (non-hydrogen) atoms. The highest BCUT2D eigenvalue weighted by molar-refractivity contribution is 5.72. The minimum absolute atomic E-state index is 0.00723. The average Bonchev–Trinajstić information content (AvgIpc) is 2.64. The summed E-state index contributed by atoms with van der Waals surface area (Å²) in [4.78, 5) is 12.4. The second-order valence-electron chi connectivity index (χ2n) is 7.83. The number of nitrogens with zero attached hydrogens (tertiary/aromatic N) is 1. The Morgan fingerprint density at radius 3 is 2.28 bits per heavy atom. The van der Waals surface area contributed by atoms with Crippen LogP contribution < -0.4 is 0 Å². The molecule has 0 aromatic heterocycles. The van der Waals surface area contributed by atoms with Gasteiger partial charge in [-0.2, -0.15) is 9.65 Å². The normalized spacial score (nSPS) is 30.5. The lowest BCUT2D eigenvalue weighted by Crippen LogP contribution is -2.30. The Morgan fingerprint density at radius 1 is 1.08 bits per heavy atom. The third-order valence-corrected chi connectivity index (χ3v) is 5.96. The molecular weight excluding hydrogens is 317 g/mol. The molecule has 4 heteroatoms. The molecular formula is C21H32FNO2. The molecule has 3 nitrogen and oxygen atoms in total. The minimum Gasteiger partial charge on any atom is -0.462 e. The zero-order valence-electron chi connectivity index (χ0n) is 15.5. The molecule has 2 aliphatic rings. The van der Waals surface area contributed by atoms with Crippen molar-refractivity contribution in [2.24, 2.45) is 17.8 Å². The van der Waals surface area contributed by atoms with E-state index in [9.17, 15) is 9.18 Å². The van der Waals surface area contributed by atoms with Crippen LogP contribution in [0.2, 0.25) is 0 Å². The van der Waals surface area contributed by atoms with Crippen molar-refractivity contribution in [3.05, 3.63) is 11.9 Å². The summed E-state index contributed by atoms with van der Waals surface area (Å²) in [7, 11) is 0. The molecule has 0 heterocycles. The standard InChI is InChI=1S/C21H32FNO2/c1-2-4-16-9-13-20(14-10-16)25-21(24)18-11-7-17(8-12-18)5-3-6-19(22)15-23/h6,16-18,20H,2-5,7-14H2,1H3/b19-6+. The van der Waals surface area contributed by atoms with E-state index in [1.165, 1.54) is 37.8 Å². The van der Waals surface area contributed by atoms with Crippen molar-refractivity contribution in [2.45, 2.75) is 90.1 Å². The Morgan fingerprint density at radius 2 is 1.68 bits per heavy atom. The number of allylic oxidation sites excluding steroid dienone is 2. The first kappa shape index (κ1) is 19.9. The van der Waals surface area contributed by atoms with E-state index in [0.29, 0.717) is 12.3 Å². The van der Waals surface area contributed by atoms with E-state index in [-0.39, 0.29) is 18.0 Å². The number of ether oxygens (including phenoxy) is 1. The fourth-order valence-corrected chi connectivity index (χ4v) is 4.39. The highest BCUT2D eigenvalue weighted by atomic mass is 19.1. The zero-order valence-corrected chi connectivity index (χ0v) is 15.5. The van der Waals surface area contributed by atoms with Crippen molar-refractivity contribution < 1.29 is 13.9 Å². The summed E-state index contributed by atoms with van der Waals surface area (Å²) in [5.41, 5.74) is 0. The summed E-state index contributed by atoms with van der Waals surface area (Å²) in [5.74, 6) is 0.737. The molecule has 0 aromatic carbocycles. The number of rotatable bonds is 7. The maximum absolute atomic E-state index is 12.8. The lowest BCUT2D eigenvalue weighted by atomic mass is 9.80. The first-order chi connectivity index (χ1) is 12.1. The van der Waals surface area contributed by atoms with Crippen LogP contribution in [-0.2, 0) is 9.53 Å². The van der Waals surface area contributed by atoms with Gasteiger partial charge in [0.05, 0.1) is 5.92 Å². The molecule has 2 fully saturated rings. The van der Waals surface area contributed by atoms with E-state index >= 15 is 0 Å². The molecule has 0 spiro atoms. The predicted octanol–water partition coefficient (Wildman–Crippen LogP) is 5.85. The van der Waals surface area contributed by atoms with Gasteiger partial charge in [0.25, 0.3) is 0 Å². The van der Waals surface area contributed by atoms with Gasteiger partial charge in [-0.3, -0.25) is 4.79 Å². The van der Waals surface area contributed by atoms with Crippen molar-refractivity contribution >= 4 is 5.97 Å². The summed E-state index contributed by atoms with van der Waals surface area (Å²) in [5, 5.41) is 8.40. The van der Waals surface area contributed by atoms with Crippen LogP contribution in [0.25, 0.3) is 0 Å². The van der Waals surface area contributed by atoms with E-state index < -0.39 is 5.83 Å². The second kappa shape index (κ2) is 10.6. The lowest BCUT2D eigenvalue weighted by molar-refractivity contribution is -0.157. The molecule has 0 unspecified atom stereocenters. The van der Waals surface area contributed by atoms with E-state index in [1.54, 1.807) is 0 Å². The largest absolute Gasteiger partial charge is 0.462 e. The van der Waals surface area contributed by atoms with Gasteiger partial charge in [0.2, 0.25) is 0 Å². The van der Waals surface area contributed by atoms with Gasteiger partial charge >= 0.3 is 5.97 Å². The van der Waals surface area contributed by atoms with Crippen molar-refractivity contribution in [3.8, 4) is 6.07 Å². The molecule has 0 saturated heterocycles. The Hall–Kier alpha value is -1.37. The molecule has 0 radical (unpaired) electrons. The Balaban J connectivity index is 1.64. The molecule has 2 aliphatic carbocycles. The van der Waals surface area contributed by atoms with Gasteiger partial charge in [0.1, 0.15) is 12.2 Å². The topological polar surface area (TPSA) is 50.1 Å². The number of hydrogen-bond donors (Lipinski definition) is 0. The zero-order chi connectivity index (χ0) is 18.1. The fraction of sp³-hybridized carbons (Fsp3) is 0.810. The molecule has 140 valence electrons. The summed E-state index contributed by atoms with van der Waals surface area (Å²) in [6.07, 6.45) is 13.8. The van der Waals surface area contributed by atoms with Gasteiger partial charge in [-0.05, 0) is 82.1 Å². The molecule has 0 bridgehead atoms. The Labute approximate surface area is 151 Å². The van der Waals surface area contributed by atoms with E-state index in [1.807, 2.05) is 0 Å². The van der Waals surface area contributed by atoms with Gasteiger partial charge in [0, 0.05) is 0 Å². The van der Waals surface area contributed by atoms with Gasteiger partial charge in [-0.25, -0.2) is 0 Å². The summed E-state index contributed by atoms with van der Waals surface area (Å²) in [6, 6.07) is 1.51. The third kappa shape index (κ3) is 6.80. The third-order valence-electron chi connectivity index (χ3n) is 5.96. The maximum atomic E-state index is 12.8. The molecule has 0 N–H and O–H groups in total. The molecule has 0 aliphatic heterocycles.